The number of piperidine rings is 2. The first-order chi connectivity index (χ1) is 8.77. The highest BCUT2D eigenvalue weighted by Crippen LogP contribution is 2.15. The summed E-state index contributed by atoms with van der Waals surface area (Å²) in [7, 11) is 0. The number of nitrogens with zero attached hydrogens (tertiary/aromatic N) is 2. The van der Waals surface area contributed by atoms with E-state index in [1.54, 1.807) is 0 Å². The molecule has 0 radical (unpaired) electrons. The third-order valence-electron chi connectivity index (χ3n) is 3.97. The Kier molecular flexibility index (Phi) is 5.83. The molecule has 2 saturated heterocycles. The summed E-state index contributed by atoms with van der Waals surface area (Å²) in [5, 5.41) is 0. The van der Waals surface area contributed by atoms with Crippen LogP contribution in [0.5, 0.6) is 0 Å². The second kappa shape index (κ2) is 7.39. The number of thiocarbonyl (C=S) groups is 2. The Balaban J connectivity index is 1.69. The van der Waals surface area contributed by atoms with Crippen LogP contribution >= 0.6 is 24.4 Å². The van der Waals surface area contributed by atoms with Gasteiger partial charge in [-0.1, -0.05) is 24.4 Å². The standard InChI is InChI=1S/C14H24N2S2/c17-13(15-9-3-1-4-10-15)7-8-14(18)16-11-5-2-6-12-16/h1-12H2. The van der Waals surface area contributed by atoms with E-state index in [2.05, 4.69) is 9.80 Å². The maximum Gasteiger partial charge on any atom is 0.0783 e. The van der Waals surface area contributed by atoms with Crippen LogP contribution in [0.25, 0.3) is 0 Å². The summed E-state index contributed by atoms with van der Waals surface area (Å²) in [6, 6.07) is 0. The van der Waals surface area contributed by atoms with Gasteiger partial charge >= 0.3 is 0 Å². The van der Waals surface area contributed by atoms with Crippen LogP contribution in [-0.4, -0.2) is 46.0 Å². The maximum absolute atomic E-state index is 5.54. The predicted molar refractivity (Wildman–Crippen MR) is 85.3 cm³/mol. The lowest BCUT2D eigenvalue weighted by Gasteiger charge is -2.31. The summed E-state index contributed by atoms with van der Waals surface area (Å²) in [5.41, 5.74) is 0. The summed E-state index contributed by atoms with van der Waals surface area (Å²) in [4.78, 5) is 7.04. The lowest BCUT2D eigenvalue weighted by Crippen LogP contribution is -2.37. The van der Waals surface area contributed by atoms with E-state index in [-0.39, 0.29) is 0 Å². The molecule has 0 N–H and O–H groups in total. The van der Waals surface area contributed by atoms with Crippen molar-refractivity contribution < 1.29 is 0 Å². The second-order valence-corrected chi connectivity index (χ2v) is 6.33. The molecule has 0 aliphatic carbocycles. The number of likely N-dealkylation sites (tertiary alicyclic amines) is 2. The van der Waals surface area contributed by atoms with Crippen LogP contribution in [0.4, 0.5) is 0 Å². The topological polar surface area (TPSA) is 6.48 Å². The predicted octanol–water partition coefficient (Wildman–Crippen LogP) is 3.39. The van der Waals surface area contributed by atoms with Crippen molar-refractivity contribution in [3.8, 4) is 0 Å². The SMILES string of the molecule is S=C(CCC(=S)N1CCCCC1)N1CCCCC1. The highest BCUT2D eigenvalue weighted by atomic mass is 32.1. The fourth-order valence-corrected chi connectivity index (χ4v) is 3.39. The van der Waals surface area contributed by atoms with Gasteiger partial charge in [0, 0.05) is 39.0 Å². The summed E-state index contributed by atoms with van der Waals surface area (Å²) in [6.45, 7) is 4.65. The minimum Gasteiger partial charge on any atom is -0.366 e. The second-order valence-electron chi connectivity index (χ2n) is 5.38. The molecule has 0 amide bonds. The third kappa shape index (κ3) is 4.16. The van der Waals surface area contributed by atoms with Crippen LogP contribution < -0.4 is 0 Å². The van der Waals surface area contributed by atoms with Crippen LogP contribution in [0, 0.1) is 0 Å². The molecule has 0 aromatic rings. The minimum atomic E-state index is 0.977. The Labute approximate surface area is 122 Å². The van der Waals surface area contributed by atoms with Gasteiger partial charge in [0.25, 0.3) is 0 Å². The average molecular weight is 284 g/mol. The Morgan fingerprint density at radius 1 is 0.611 bits per heavy atom. The average Bonchev–Trinajstić information content (AvgIpc) is 2.46. The number of hydrogen-bond acceptors (Lipinski definition) is 2. The molecule has 0 saturated carbocycles. The van der Waals surface area contributed by atoms with Crippen molar-refractivity contribution in [2.75, 3.05) is 26.2 Å². The van der Waals surface area contributed by atoms with Crippen LogP contribution in [0.1, 0.15) is 51.4 Å². The maximum atomic E-state index is 5.54. The molecule has 2 heterocycles. The van der Waals surface area contributed by atoms with E-state index in [0.29, 0.717) is 0 Å². The monoisotopic (exact) mass is 284 g/mol. The van der Waals surface area contributed by atoms with E-state index in [0.717, 1.165) is 49.0 Å². The quantitative estimate of drug-likeness (QED) is 0.733. The van der Waals surface area contributed by atoms with Gasteiger partial charge in [0.05, 0.1) is 9.98 Å². The third-order valence-corrected chi connectivity index (χ3v) is 4.89. The Hall–Kier alpha value is -0.220. The molecule has 102 valence electrons. The van der Waals surface area contributed by atoms with Crippen molar-refractivity contribution in [3.05, 3.63) is 0 Å². The molecular weight excluding hydrogens is 260 g/mol. The zero-order chi connectivity index (χ0) is 12.8. The van der Waals surface area contributed by atoms with E-state index in [1.165, 1.54) is 38.5 Å². The van der Waals surface area contributed by atoms with E-state index in [1.807, 2.05) is 0 Å². The summed E-state index contributed by atoms with van der Waals surface area (Å²) in [5.74, 6) is 0. The lowest BCUT2D eigenvalue weighted by atomic mass is 10.1. The Morgan fingerprint density at radius 3 is 1.28 bits per heavy atom. The first-order valence-corrected chi connectivity index (χ1v) is 8.14. The van der Waals surface area contributed by atoms with Crippen LogP contribution in [0.3, 0.4) is 0 Å². The van der Waals surface area contributed by atoms with Gasteiger partial charge in [-0.2, -0.15) is 0 Å². The molecule has 0 bridgehead atoms. The first kappa shape index (κ1) is 14.2. The first-order valence-electron chi connectivity index (χ1n) is 7.33. The fourth-order valence-electron chi connectivity index (χ4n) is 2.82. The molecule has 0 aromatic carbocycles. The fraction of sp³-hybridized carbons (Fsp3) is 0.857. The molecule has 2 rings (SSSR count). The van der Waals surface area contributed by atoms with Crippen LogP contribution in [0.2, 0.25) is 0 Å². The number of rotatable bonds is 3. The molecule has 0 spiro atoms. The molecular formula is C14H24N2S2. The molecule has 0 unspecified atom stereocenters. The smallest absolute Gasteiger partial charge is 0.0783 e. The molecule has 2 fully saturated rings. The molecule has 2 aliphatic rings. The highest BCUT2D eigenvalue weighted by molar-refractivity contribution is 7.80. The van der Waals surface area contributed by atoms with Gasteiger partial charge < -0.3 is 9.80 Å². The van der Waals surface area contributed by atoms with E-state index in [4.69, 9.17) is 24.4 Å². The van der Waals surface area contributed by atoms with Crippen molar-refractivity contribution in [2.24, 2.45) is 0 Å². The summed E-state index contributed by atoms with van der Waals surface area (Å²) < 4.78 is 0. The highest BCUT2D eigenvalue weighted by Gasteiger charge is 2.16. The number of hydrogen-bond donors (Lipinski definition) is 0. The van der Waals surface area contributed by atoms with Crippen LogP contribution in [-0.2, 0) is 0 Å². The largest absolute Gasteiger partial charge is 0.366 e. The van der Waals surface area contributed by atoms with Crippen molar-refractivity contribution in [1.82, 2.24) is 9.80 Å². The van der Waals surface area contributed by atoms with Gasteiger partial charge in [-0.15, -0.1) is 0 Å². The lowest BCUT2D eigenvalue weighted by molar-refractivity contribution is 0.336. The normalized spacial score (nSPS) is 20.9. The zero-order valence-electron chi connectivity index (χ0n) is 11.2. The molecule has 4 heteroatoms. The molecule has 2 aliphatic heterocycles. The molecule has 2 nitrogen and oxygen atoms in total. The Bertz CT molecular complexity index is 262. The zero-order valence-corrected chi connectivity index (χ0v) is 12.8. The van der Waals surface area contributed by atoms with Crippen molar-refractivity contribution in [2.45, 2.75) is 51.4 Å². The molecule has 18 heavy (non-hydrogen) atoms. The van der Waals surface area contributed by atoms with Gasteiger partial charge in [0.15, 0.2) is 0 Å². The molecule has 0 aromatic heterocycles. The van der Waals surface area contributed by atoms with E-state index < -0.39 is 0 Å². The molecule has 0 atom stereocenters. The Morgan fingerprint density at radius 2 is 0.944 bits per heavy atom. The van der Waals surface area contributed by atoms with Crippen LogP contribution in [0.15, 0.2) is 0 Å². The van der Waals surface area contributed by atoms with Gasteiger partial charge in [0.1, 0.15) is 0 Å². The van der Waals surface area contributed by atoms with Gasteiger partial charge in [0.2, 0.25) is 0 Å². The van der Waals surface area contributed by atoms with Gasteiger partial charge in [-0.3, -0.25) is 0 Å². The summed E-state index contributed by atoms with van der Waals surface area (Å²) >= 11 is 11.1. The van der Waals surface area contributed by atoms with E-state index in [9.17, 15) is 0 Å². The van der Waals surface area contributed by atoms with Crippen molar-refractivity contribution >= 4 is 34.4 Å². The van der Waals surface area contributed by atoms with Crippen molar-refractivity contribution in [3.63, 3.8) is 0 Å². The van der Waals surface area contributed by atoms with Gasteiger partial charge in [-0.05, 0) is 38.5 Å². The van der Waals surface area contributed by atoms with E-state index >= 15 is 0 Å². The summed E-state index contributed by atoms with van der Waals surface area (Å²) in [6.07, 6.45) is 9.90. The van der Waals surface area contributed by atoms with Crippen molar-refractivity contribution in [1.29, 1.82) is 0 Å². The minimum absolute atomic E-state index is 0.977. The van der Waals surface area contributed by atoms with Gasteiger partial charge in [-0.25, -0.2) is 0 Å².